The Labute approximate surface area is 190 Å². The van der Waals surface area contributed by atoms with Crippen LogP contribution in [0.1, 0.15) is 15.9 Å². The lowest BCUT2D eigenvalue weighted by molar-refractivity contribution is -0.384. The Morgan fingerprint density at radius 3 is 2.21 bits per heavy atom. The van der Waals surface area contributed by atoms with Crippen LogP contribution in [0, 0.1) is 10.1 Å². The molecule has 0 radical (unpaired) electrons. The van der Waals surface area contributed by atoms with Crippen molar-refractivity contribution < 1.29 is 9.72 Å². The van der Waals surface area contributed by atoms with Crippen LogP contribution < -0.4 is 5.01 Å². The van der Waals surface area contributed by atoms with Crippen LogP contribution in [0.4, 0.5) is 11.4 Å². The van der Waals surface area contributed by atoms with Gasteiger partial charge >= 0.3 is 0 Å². The van der Waals surface area contributed by atoms with E-state index in [1.807, 2.05) is 65.7 Å². The number of allylic oxidation sites excluding steroid dienone is 2. The molecule has 0 saturated carbocycles. The van der Waals surface area contributed by atoms with Gasteiger partial charge in [0.15, 0.2) is 12.0 Å². The number of hydrogen-bond donors (Lipinski definition) is 0. The van der Waals surface area contributed by atoms with Gasteiger partial charge < -0.3 is 0 Å². The number of hydrogen-bond acceptors (Lipinski definition) is 6. The van der Waals surface area contributed by atoms with Crippen molar-refractivity contribution >= 4 is 23.1 Å². The molecule has 1 amide bonds. The molecule has 0 aliphatic carbocycles. The predicted octanol–water partition coefficient (Wildman–Crippen LogP) is 4.55. The second-order valence-electron chi connectivity index (χ2n) is 7.41. The van der Waals surface area contributed by atoms with Gasteiger partial charge in [-0.25, -0.2) is 15.0 Å². The molecule has 0 aromatic heterocycles. The highest BCUT2D eigenvalue weighted by Gasteiger charge is 2.40. The summed E-state index contributed by atoms with van der Waals surface area (Å²) in [4.78, 5) is 24.1. The average Bonchev–Trinajstić information content (AvgIpc) is 3.10. The lowest BCUT2D eigenvalue weighted by Crippen LogP contribution is -2.51. The minimum Gasteiger partial charge on any atom is -0.267 e. The first-order valence-electron chi connectivity index (χ1n) is 10.3. The summed E-state index contributed by atoms with van der Waals surface area (Å²) in [6, 6.07) is 24.9. The maximum absolute atomic E-state index is 13.5. The Morgan fingerprint density at radius 2 is 1.55 bits per heavy atom. The van der Waals surface area contributed by atoms with E-state index in [-0.39, 0.29) is 11.6 Å². The summed E-state index contributed by atoms with van der Waals surface area (Å²) in [6.45, 7) is 0. The third-order valence-electron chi connectivity index (χ3n) is 5.36. The molecule has 0 bridgehead atoms. The second kappa shape index (κ2) is 8.43. The van der Waals surface area contributed by atoms with Gasteiger partial charge in [-0.05, 0) is 36.4 Å². The van der Waals surface area contributed by atoms with E-state index >= 15 is 0 Å². The van der Waals surface area contributed by atoms with Crippen molar-refractivity contribution in [3.05, 3.63) is 131 Å². The maximum atomic E-state index is 13.5. The van der Waals surface area contributed by atoms with Gasteiger partial charge in [-0.2, -0.15) is 0 Å². The number of nitro benzene ring substituents is 1. The topological polar surface area (TPSA) is 82.3 Å². The van der Waals surface area contributed by atoms with E-state index in [2.05, 4.69) is 0 Å². The first kappa shape index (κ1) is 20.2. The molecule has 3 aromatic carbocycles. The van der Waals surface area contributed by atoms with Gasteiger partial charge in [0.05, 0.1) is 10.6 Å². The largest absolute Gasteiger partial charge is 0.276 e. The lowest BCUT2D eigenvalue weighted by Gasteiger charge is -2.35. The summed E-state index contributed by atoms with van der Waals surface area (Å²) < 4.78 is 0. The molecule has 2 aliphatic heterocycles. The molecule has 0 N–H and O–H groups in total. The van der Waals surface area contributed by atoms with Crippen molar-refractivity contribution in [3.8, 4) is 0 Å². The van der Waals surface area contributed by atoms with Crippen LogP contribution in [-0.4, -0.2) is 32.8 Å². The molecule has 2 heterocycles. The molecule has 0 saturated heterocycles. The summed E-state index contributed by atoms with van der Waals surface area (Å²) in [5, 5.41) is 21.1. The fourth-order valence-corrected chi connectivity index (χ4v) is 3.79. The monoisotopic (exact) mass is 437 g/mol. The Morgan fingerprint density at radius 1 is 0.879 bits per heavy atom. The smallest absolute Gasteiger partial charge is 0.267 e. The molecule has 0 fully saturated rings. The van der Waals surface area contributed by atoms with Crippen LogP contribution in [0.25, 0.3) is 0 Å². The molecule has 5 rings (SSSR count). The van der Waals surface area contributed by atoms with E-state index in [1.165, 1.54) is 12.1 Å². The Hall–Kier alpha value is -4.72. The fraction of sp³-hybridized carbons (Fsp3) is 0.0400. The molecule has 2 aliphatic rings. The number of benzene rings is 3. The van der Waals surface area contributed by atoms with Gasteiger partial charge in [0.1, 0.15) is 0 Å². The fourth-order valence-electron chi connectivity index (χ4n) is 3.79. The summed E-state index contributed by atoms with van der Waals surface area (Å²) >= 11 is 0. The van der Waals surface area contributed by atoms with Crippen molar-refractivity contribution in [1.82, 2.24) is 10.0 Å². The first-order chi connectivity index (χ1) is 16.1. The minimum absolute atomic E-state index is 0.000947. The number of rotatable bonds is 4. The zero-order valence-electron chi connectivity index (χ0n) is 17.4. The van der Waals surface area contributed by atoms with E-state index in [0.717, 1.165) is 5.56 Å². The number of carbonyl (C=O) groups excluding carboxylic acids is 1. The number of carbonyl (C=O) groups is 1. The van der Waals surface area contributed by atoms with Crippen LogP contribution in [0.3, 0.4) is 0 Å². The van der Waals surface area contributed by atoms with Crippen LogP contribution in [0.5, 0.6) is 0 Å². The number of nitrogens with zero attached hydrogens (tertiary/aromatic N) is 5. The standard InChI is InChI=1S/C25H19N5O3/c31-25(20-11-5-2-6-12-20)27-18-8-7-13-23-28(21-14-16-22(17-15-21)30(32)33)26-24(29(23)27)19-9-3-1-4-10-19/h1-18,23H. The zero-order valence-corrected chi connectivity index (χ0v) is 17.4. The van der Waals surface area contributed by atoms with E-state index in [4.69, 9.17) is 5.10 Å². The second-order valence-corrected chi connectivity index (χ2v) is 7.41. The third-order valence-corrected chi connectivity index (χ3v) is 5.36. The number of anilines is 1. The van der Waals surface area contributed by atoms with Gasteiger partial charge in [-0.15, -0.1) is 5.10 Å². The van der Waals surface area contributed by atoms with Gasteiger partial charge in [0.2, 0.25) is 0 Å². The number of amidine groups is 1. The normalized spacial score (nSPS) is 16.9. The Kier molecular flexibility index (Phi) is 5.16. The summed E-state index contributed by atoms with van der Waals surface area (Å²) in [7, 11) is 0. The van der Waals surface area contributed by atoms with Crippen molar-refractivity contribution in [2.75, 3.05) is 5.01 Å². The molecule has 3 aromatic rings. The molecule has 1 unspecified atom stereocenters. The van der Waals surface area contributed by atoms with Crippen LogP contribution >= 0.6 is 0 Å². The van der Waals surface area contributed by atoms with Crippen molar-refractivity contribution in [1.29, 1.82) is 0 Å². The summed E-state index contributed by atoms with van der Waals surface area (Å²) in [5.74, 6) is 0.383. The lowest BCUT2D eigenvalue weighted by atomic mass is 10.2. The van der Waals surface area contributed by atoms with Crippen LogP contribution in [0.2, 0.25) is 0 Å². The zero-order chi connectivity index (χ0) is 22.8. The van der Waals surface area contributed by atoms with E-state index in [9.17, 15) is 14.9 Å². The Balaban J connectivity index is 1.60. The van der Waals surface area contributed by atoms with E-state index in [1.54, 1.807) is 46.6 Å². The average molecular weight is 437 g/mol. The number of amides is 1. The first-order valence-corrected chi connectivity index (χ1v) is 10.3. The highest BCUT2D eigenvalue weighted by Crippen LogP contribution is 2.32. The highest BCUT2D eigenvalue weighted by molar-refractivity contribution is 6.04. The quantitative estimate of drug-likeness (QED) is 0.442. The van der Waals surface area contributed by atoms with E-state index < -0.39 is 11.1 Å². The molecule has 162 valence electrons. The van der Waals surface area contributed by atoms with Crippen molar-refractivity contribution in [2.45, 2.75) is 6.17 Å². The highest BCUT2D eigenvalue weighted by atomic mass is 16.6. The third kappa shape index (κ3) is 3.74. The molecule has 8 heteroatoms. The van der Waals surface area contributed by atoms with Crippen LogP contribution in [-0.2, 0) is 0 Å². The predicted molar refractivity (Wildman–Crippen MR) is 125 cm³/mol. The SMILES string of the molecule is O=C(c1ccccc1)N1C=CC=CC2N(c3ccc([N+](=O)[O-])cc3)N=C(c3ccccc3)N21. The van der Waals surface area contributed by atoms with Crippen molar-refractivity contribution in [3.63, 3.8) is 0 Å². The van der Waals surface area contributed by atoms with Gasteiger partial charge in [0.25, 0.3) is 11.6 Å². The molecular weight excluding hydrogens is 418 g/mol. The summed E-state index contributed by atoms with van der Waals surface area (Å²) in [6.07, 6.45) is 6.84. The van der Waals surface area contributed by atoms with Crippen LogP contribution in [0.15, 0.2) is 114 Å². The molecule has 1 atom stereocenters. The van der Waals surface area contributed by atoms with Crippen molar-refractivity contribution in [2.24, 2.45) is 5.10 Å². The van der Waals surface area contributed by atoms with Gasteiger partial charge in [-0.3, -0.25) is 14.9 Å². The number of non-ortho nitro benzene ring substituents is 1. The minimum atomic E-state index is -0.454. The number of nitro groups is 1. The molecule has 0 spiro atoms. The van der Waals surface area contributed by atoms with Gasteiger partial charge in [0, 0.05) is 29.5 Å². The number of fused-ring (bicyclic) bond motifs is 1. The van der Waals surface area contributed by atoms with Gasteiger partial charge in [-0.1, -0.05) is 54.6 Å². The number of hydrazone groups is 1. The van der Waals surface area contributed by atoms with E-state index in [0.29, 0.717) is 17.1 Å². The molecule has 33 heavy (non-hydrogen) atoms. The molecule has 8 nitrogen and oxygen atoms in total. The number of hydrazine groups is 1. The maximum Gasteiger partial charge on any atom is 0.276 e. The summed E-state index contributed by atoms with van der Waals surface area (Å²) in [5.41, 5.74) is 2.05. The Bertz CT molecular complexity index is 1270. The molecular formula is C25H19N5O3.